The Hall–Kier alpha value is -2.71. The SMILES string of the molecule is Nc1c(S(=O)(=O)c2ccccc2)c(=NCCO)nc2ccccn12. The fourth-order valence-electron chi connectivity index (χ4n) is 2.35. The molecule has 0 radical (unpaired) electrons. The van der Waals surface area contributed by atoms with E-state index in [0.717, 1.165) is 0 Å². The number of rotatable bonds is 4. The van der Waals surface area contributed by atoms with Gasteiger partial charge >= 0.3 is 0 Å². The first-order valence-corrected chi connectivity index (χ1v) is 8.72. The maximum absolute atomic E-state index is 13.0. The molecular weight excluding hydrogens is 328 g/mol. The van der Waals surface area contributed by atoms with Crippen molar-refractivity contribution in [3.8, 4) is 0 Å². The highest BCUT2D eigenvalue weighted by Crippen LogP contribution is 2.22. The van der Waals surface area contributed by atoms with Gasteiger partial charge in [0, 0.05) is 6.20 Å². The number of fused-ring (bicyclic) bond motifs is 1. The molecule has 0 aliphatic heterocycles. The Labute approximate surface area is 138 Å². The fraction of sp³-hybridized carbons (Fsp3) is 0.125. The lowest BCUT2D eigenvalue weighted by Crippen LogP contribution is -2.25. The van der Waals surface area contributed by atoms with E-state index in [4.69, 9.17) is 10.8 Å². The van der Waals surface area contributed by atoms with E-state index in [-0.39, 0.29) is 34.2 Å². The number of aromatic nitrogens is 2. The minimum atomic E-state index is -3.91. The van der Waals surface area contributed by atoms with Gasteiger partial charge in [-0.3, -0.25) is 9.39 Å². The summed E-state index contributed by atoms with van der Waals surface area (Å²) in [7, 11) is -3.91. The summed E-state index contributed by atoms with van der Waals surface area (Å²) >= 11 is 0. The lowest BCUT2D eigenvalue weighted by atomic mass is 10.4. The Morgan fingerprint density at radius 2 is 1.83 bits per heavy atom. The van der Waals surface area contributed by atoms with E-state index in [1.807, 2.05) is 0 Å². The van der Waals surface area contributed by atoms with E-state index in [2.05, 4.69) is 9.98 Å². The predicted octanol–water partition coefficient (Wildman–Crippen LogP) is 0.642. The van der Waals surface area contributed by atoms with Gasteiger partial charge in [-0.2, -0.15) is 0 Å². The highest BCUT2D eigenvalue weighted by atomic mass is 32.2. The number of sulfone groups is 1. The van der Waals surface area contributed by atoms with Gasteiger partial charge in [-0.1, -0.05) is 24.3 Å². The van der Waals surface area contributed by atoms with Gasteiger partial charge in [-0.25, -0.2) is 13.4 Å². The zero-order valence-electron chi connectivity index (χ0n) is 12.7. The molecule has 0 saturated heterocycles. The third kappa shape index (κ3) is 2.77. The van der Waals surface area contributed by atoms with Crippen molar-refractivity contribution >= 4 is 21.3 Å². The zero-order chi connectivity index (χ0) is 17.2. The highest BCUT2D eigenvalue weighted by Gasteiger charge is 2.25. The molecule has 2 aromatic heterocycles. The average Bonchev–Trinajstić information content (AvgIpc) is 2.60. The number of aliphatic hydroxyl groups excluding tert-OH is 1. The van der Waals surface area contributed by atoms with E-state index in [1.165, 1.54) is 16.5 Å². The molecule has 0 unspecified atom stereocenters. The van der Waals surface area contributed by atoms with Crippen LogP contribution >= 0.6 is 0 Å². The second kappa shape index (κ2) is 6.42. The number of nitrogens with zero attached hydrogens (tertiary/aromatic N) is 3. The third-order valence-electron chi connectivity index (χ3n) is 3.44. The maximum Gasteiger partial charge on any atom is 0.213 e. The number of hydrogen-bond donors (Lipinski definition) is 2. The first kappa shape index (κ1) is 16.2. The first-order valence-electron chi connectivity index (χ1n) is 7.24. The van der Waals surface area contributed by atoms with Crippen LogP contribution in [0.15, 0.2) is 69.5 Å². The molecule has 0 saturated carbocycles. The van der Waals surface area contributed by atoms with Crippen molar-refractivity contribution in [1.82, 2.24) is 9.38 Å². The van der Waals surface area contributed by atoms with Gasteiger partial charge in [0.05, 0.1) is 18.0 Å². The molecule has 3 aromatic rings. The molecule has 3 N–H and O–H groups in total. The third-order valence-corrected chi connectivity index (χ3v) is 5.26. The first-order chi connectivity index (χ1) is 11.6. The summed E-state index contributed by atoms with van der Waals surface area (Å²) < 4.78 is 27.5. The van der Waals surface area contributed by atoms with E-state index in [9.17, 15) is 8.42 Å². The van der Waals surface area contributed by atoms with Gasteiger partial charge < -0.3 is 10.8 Å². The second-order valence-corrected chi connectivity index (χ2v) is 6.89. The highest BCUT2D eigenvalue weighted by molar-refractivity contribution is 7.91. The van der Waals surface area contributed by atoms with Crippen LogP contribution in [0.2, 0.25) is 0 Å². The van der Waals surface area contributed by atoms with Crippen molar-refractivity contribution in [1.29, 1.82) is 0 Å². The van der Waals surface area contributed by atoms with Crippen LogP contribution in [-0.4, -0.2) is 36.1 Å². The van der Waals surface area contributed by atoms with Crippen LogP contribution in [0.5, 0.6) is 0 Å². The maximum atomic E-state index is 13.0. The minimum absolute atomic E-state index is 0.00315. The summed E-state index contributed by atoms with van der Waals surface area (Å²) in [5.41, 5.74) is 6.60. The van der Waals surface area contributed by atoms with Gasteiger partial charge in [0.2, 0.25) is 9.84 Å². The zero-order valence-corrected chi connectivity index (χ0v) is 13.5. The molecule has 1 aromatic carbocycles. The smallest absolute Gasteiger partial charge is 0.213 e. The van der Waals surface area contributed by atoms with Crippen LogP contribution in [0.3, 0.4) is 0 Å². The Morgan fingerprint density at radius 3 is 2.54 bits per heavy atom. The molecule has 0 atom stereocenters. The van der Waals surface area contributed by atoms with Gasteiger partial charge in [0.15, 0.2) is 10.4 Å². The molecule has 0 bridgehead atoms. The summed E-state index contributed by atoms with van der Waals surface area (Å²) in [6.07, 6.45) is 1.64. The average molecular weight is 344 g/mol. The molecule has 24 heavy (non-hydrogen) atoms. The van der Waals surface area contributed by atoms with Crippen molar-refractivity contribution in [3.63, 3.8) is 0 Å². The topological polar surface area (TPSA) is 110 Å². The van der Waals surface area contributed by atoms with Crippen LogP contribution in [0.25, 0.3) is 5.65 Å². The molecule has 0 fully saturated rings. The molecule has 124 valence electrons. The number of pyridine rings is 1. The van der Waals surface area contributed by atoms with E-state index in [0.29, 0.717) is 5.65 Å². The lowest BCUT2D eigenvalue weighted by molar-refractivity contribution is 0.305. The summed E-state index contributed by atoms with van der Waals surface area (Å²) in [6, 6.07) is 13.2. The number of benzene rings is 1. The Kier molecular flexibility index (Phi) is 4.32. The molecule has 8 heteroatoms. The van der Waals surface area contributed by atoms with E-state index in [1.54, 1.807) is 42.6 Å². The number of nitrogen functional groups attached to an aromatic ring is 1. The van der Waals surface area contributed by atoms with Crippen LogP contribution in [0, 0.1) is 0 Å². The van der Waals surface area contributed by atoms with Gasteiger partial charge in [0.25, 0.3) is 0 Å². The molecule has 0 amide bonds. The molecule has 0 aliphatic rings. The van der Waals surface area contributed by atoms with Gasteiger partial charge in [-0.05, 0) is 24.3 Å². The van der Waals surface area contributed by atoms with Crippen molar-refractivity contribution in [2.24, 2.45) is 4.99 Å². The Morgan fingerprint density at radius 1 is 1.12 bits per heavy atom. The number of nitrogens with two attached hydrogens (primary N) is 1. The van der Waals surface area contributed by atoms with Gasteiger partial charge in [0.1, 0.15) is 11.5 Å². The quantitative estimate of drug-likeness (QED) is 0.722. The van der Waals surface area contributed by atoms with Crippen molar-refractivity contribution in [2.45, 2.75) is 9.79 Å². The fourth-order valence-corrected chi connectivity index (χ4v) is 3.83. The summed E-state index contributed by atoms with van der Waals surface area (Å²) in [5, 5.41) is 9.01. The molecule has 2 heterocycles. The number of anilines is 1. The second-order valence-electron chi connectivity index (χ2n) is 5.00. The van der Waals surface area contributed by atoms with E-state index >= 15 is 0 Å². The van der Waals surface area contributed by atoms with Crippen molar-refractivity contribution < 1.29 is 13.5 Å². The molecule has 3 rings (SSSR count). The summed E-state index contributed by atoms with van der Waals surface area (Å²) in [6.45, 7) is -0.181. The molecule has 0 aliphatic carbocycles. The van der Waals surface area contributed by atoms with Crippen LogP contribution in [-0.2, 0) is 9.84 Å². The number of hydrogen-bond acceptors (Lipinski definition) is 6. The Balaban J connectivity index is 2.40. The van der Waals surface area contributed by atoms with E-state index < -0.39 is 9.84 Å². The minimum Gasteiger partial charge on any atom is -0.394 e. The Bertz CT molecular complexity index is 1040. The molecule has 7 nitrogen and oxygen atoms in total. The van der Waals surface area contributed by atoms with Crippen molar-refractivity contribution in [3.05, 3.63) is 60.2 Å². The summed E-state index contributed by atoms with van der Waals surface area (Å²) in [4.78, 5) is 8.33. The monoisotopic (exact) mass is 344 g/mol. The van der Waals surface area contributed by atoms with Crippen LogP contribution in [0.1, 0.15) is 0 Å². The van der Waals surface area contributed by atoms with Gasteiger partial charge in [-0.15, -0.1) is 0 Å². The number of aliphatic hydroxyl groups is 1. The van der Waals surface area contributed by atoms with Crippen LogP contribution < -0.4 is 11.2 Å². The lowest BCUT2D eigenvalue weighted by Gasteiger charge is -2.12. The largest absolute Gasteiger partial charge is 0.394 e. The molecule has 0 spiro atoms. The standard InChI is InChI=1S/C16H16N4O3S/c17-15-14(24(22,23)12-6-2-1-3-7-12)16(18-9-11-21)19-13-8-4-5-10-20(13)15/h1-8,10,21H,9,11,17H2. The predicted molar refractivity (Wildman–Crippen MR) is 89.0 cm³/mol. The normalized spacial score (nSPS) is 12.6. The summed E-state index contributed by atoms with van der Waals surface area (Å²) in [5.74, 6) is 0.0288. The van der Waals surface area contributed by atoms with Crippen molar-refractivity contribution in [2.75, 3.05) is 18.9 Å². The van der Waals surface area contributed by atoms with Crippen LogP contribution in [0.4, 0.5) is 5.82 Å². The molecular formula is C16H16N4O3S.